The van der Waals surface area contributed by atoms with Crippen LogP contribution in [0, 0.1) is 0 Å². The van der Waals surface area contributed by atoms with E-state index in [4.69, 9.17) is 14.2 Å². The summed E-state index contributed by atoms with van der Waals surface area (Å²) in [6, 6.07) is 0. The molecular weight excluding hydrogens is 985 g/mol. The first-order valence-electron chi connectivity index (χ1n) is 36.3. The molecule has 1 atom stereocenters. The summed E-state index contributed by atoms with van der Waals surface area (Å²) in [5, 5.41) is 0. The normalized spacial score (nSPS) is 12.1. The van der Waals surface area contributed by atoms with E-state index >= 15 is 0 Å². The lowest BCUT2D eigenvalue weighted by atomic mass is 10.0. The van der Waals surface area contributed by atoms with E-state index in [1.807, 2.05) is 0 Å². The third-order valence-corrected chi connectivity index (χ3v) is 16.7. The van der Waals surface area contributed by atoms with Gasteiger partial charge in [-0.25, -0.2) is 0 Å². The van der Waals surface area contributed by atoms with Gasteiger partial charge in [0.2, 0.25) is 0 Å². The molecule has 0 spiro atoms. The maximum absolute atomic E-state index is 13.0. The summed E-state index contributed by atoms with van der Waals surface area (Å²) in [5.41, 5.74) is 0. The lowest BCUT2D eigenvalue weighted by Crippen LogP contribution is -2.30. The molecule has 0 saturated heterocycles. The van der Waals surface area contributed by atoms with Gasteiger partial charge in [-0.2, -0.15) is 0 Å². The van der Waals surface area contributed by atoms with Gasteiger partial charge >= 0.3 is 17.9 Å². The molecule has 0 aliphatic rings. The highest BCUT2D eigenvalue weighted by Crippen LogP contribution is 2.19. The molecule has 0 aliphatic carbocycles. The molecule has 6 heteroatoms. The molecular formula is C74H140O6. The van der Waals surface area contributed by atoms with Crippen LogP contribution in [0.1, 0.15) is 412 Å². The van der Waals surface area contributed by atoms with E-state index in [1.165, 1.54) is 308 Å². The van der Waals surface area contributed by atoms with Crippen LogP contribution in [0.4, 0.5) is 0 Å². The van der Waals surface area contributed by atoms with Crippen molar-refractivity contribution in [3.8, 4) is 0 Å². The molecule has 0 fully saturated rings. The number of carbonyl (C=O) groups is 3. The first-order chi connectivity index (χ1) is 39.5. The van der Waals surface area contributed by atoms with E-state index < -0.39 is 6.10 Å². The maximum atomic E-state index is 13.0. The third kappa shape index (κ3) is 66.7. The highest BCUT2D eigenvalue weighted by atomic mass is 16.6. The lowest BCUT2D eigenvalue weighted by Gasteiger charge is -2.18. The predicted octanol–water partition coefficient (Wildman–Crippen LogP) is 25.0. The molecule has 0 saturated carbocycles. The van der Waals surface area contributed by atoms with E-state index in [0.29, 0.717) is 19.3 Å². The van der Waals surface area contributed by atoms with Crippen molar-refractivity contribution in [1.82, 2.24) is 0 Å². The van der Waals surface area contributed by atoms with Gasteiger partial charge in [-0.15, -0.1) is 0 Å². The molecule has 1 unspecified atom stereocenters. The smallest absolute Gasteiger partial charge is 0.306 e. The Morgan fingerprint density at radius 2 is 0.450 bits per heavy atom. The van der Waals surface area contributed by atoms with Crippen molar-refractivity contribution in [3.05, 3.63) is 24.3 Å². The van der Waals surface area contributed by atoms with Gasteiger partial charge < -0.3 is 14.2 Å². The Balaban J connectivity index is 4.17. The second kappa shape index (κ2) is 69.4. The van der Waals surface area contributed by atoms with Crippen LogP contribution in [0.15, 0.2) is 24.3 Å². The number of esters is 3. The number of allylic oxidation sites excluding steroid dienone is 4. The molecule has 80 heavy (non-hydrogen) atoms. The minimum atomic E-state index is -0.769. The van der Waals surface area contributed by atoms with Crippen LogP contribution in [-0.2, 0) is 28.6 Å². The molecule has 0 rings (SSSR count). The molecule has 0 N–H and O–H groups in total. The molecule has 0 aromatic rings. The largest absolute Gasteiger partial charge is 0.462 e. The van der Waals surface area contributed by atoms with E-state index in [-0.39, 0.29) is 31.1 Å². The summed E-state index contributed by atoms with van der Waals surface area (Å²) in [4.78, 5) is 38.4. The number of unbranched alkanes of at least 4 members (excludes halogenated alkanes) is 53. The molecule has 0 aliphatic heterocycles. The molecule has 0 aromatic carbocycles. The Labute approximate surface area is 500 Å². The maximum Gasteiger partial charge on any atom is 0.306 e. The SMILES string of the molecule is CCCCCCC/C=C\C/C=C\CCCCCCCCCCCCCC(=O)OC(COC(=O)CCCCCCCCCCCCCC)COC(=O)CCCCCCCCCCCCCCCCCCCCCCCCCCCCC. The van der Waals surface area contributed by atoms with Gasteiger partial charge in [-0.3, -0.25) is 14.4 Å². The highest BCUT2D eigenvalue weighted by Gasteiger charge is 2.19. The number of carbonyl (C=O) groups excluding carboxylic acids is 3. The van der Waals surface area contributed by atoms with Crippen molar-refractivity contribution >= 4 is 17.9 Å². The Morgan fingerprint density at radius 1 is 0.250 bits per heavy atom. The van der Waals surface area contributed by atoms with Gasteiger partial charge in [0.15, 0.2) is 6.10 Å². The topological polar surface area (TPSA) is 78.9 Å². The minimum Gasteiger partial charge on any atom is -0.462 e. The molecule has 0 radical (unpaired) electrons. The zero-order valence-electron chi connectivity index (χ0n) is 54.4. The van der Waals surface area contributed by atoms with Gasteiger partial charge in [0.1, 0.15) is 13.2 Å². The van der Waals surface area contributed by atoms with Crippen molar-refractivity contribution in [2.24, 2.45) is 0 Å². The number of ether oxygens (including phenoxy) is 3. The average molecular weight is 1130 g/mol. The van der Waals surface area contributed by atoms with E-state index in [2.05, 4.69) is 45.1 Å². The summed E-state index contributed by atoms with van der Waals surface area (Å²) in [7, 11) is 0. The first kappa shape index (κ1) is 77.9. The number of hydrogen-bond donors (Lipinski definition) is 0. The zero-order chi connectivity index (χ0) is 57.8. The van der Waals surface area contributed by atoms with Gasteiger partial charge in [0, 0.05) is 19.3 Å². The number of rotatable bonds is 68. The molecule has 0 heterocycles. The van der Waals surface area contributed by atoms with Gasteiger partial charge in [0.25, 0.3) is 0 Å². The van der Waals surface area contributed by atoms with E-state index in [0.717, 1.165) is 64.2 Å². The first-order valence-corrected chi connectivity index (χ1v) is 36.3. The van der Waals surface area contributed by atoms with Gasteiger partial charge in [-0.05, 0) is 51.4 Å². The van der Waals surface area contributed by atoms with Gasteiger partial charge in [-0.1, -0.05) is 366 Å². The Morgan fingerprint density at radius 3 is 0.688 bits per heavy atom. The summed E-state index contributed by atoms with van der Waals surface area (Å²) in [6.45, 7) is 6.71. The van der Waals surface area contributed by atoms with Crippen LogP contribution in [0.3, 0.4) is 0 Å². The summed E-state index contributed by atoms with van der Waals surface area (Å²) >= 11 is 0. The Bertz CT molecular complexity index is 1290. The molecule has 0 aromatic heterocycles. The standard InChI is InChI=1S/C74H140O6/c1-4-7-10-13-16-19-22-25-27-29-31-33-35-36-37-38-40-41-43-45-47-49-52-55-58-61-64-67-73(76)79-70-71(69-78-72(75)66-63-60-57-54-51-24-21-18-15-12-9-6-3)80-74(77)68-65-62-59-56-53-50-48-46-44-42-39-34-32-30-28-26-23-20-17-14-11-8-5-2/h23,26,30,32,71H,4-22,24-25,27-29,31,33-70H2,1-3H3/b26-23-,32-30-. The second-order valence-electron chi connectivity index (χ2n) is 24.9. The Kier molecular flexibility index (Phi) is 67.6. The van der Waals surface area contributed by atoms with Crippen LogP contribution in [0.2, 0.25) is 0 Å². The zero-order valence-corrected chi connectivity index (χ0v) is 54.4. The summed E-state index contributed by atoms with van der Waals surface area (Å²) in [6.07, 6.45) is 85.0. The van der Waals surface area contributed by atoms with Crippen molar-refractivity contribution < 1.29 is 28.6 Å². The second-order valence-corrected chi connectivity index (χ2v) is 24.9. The quantitative estimate of drug-likeness (QED) is 0.0261. The minimum absolute atomic E-state index is 0.0652. The van der Waals surface area contributed by atoms with E-state index in [9.17, 15) is 14.4 Å². The van der Waals surface area contributed by atoms with Crippen molar-refractivity contribution in [1.29, 1.82) is 0 Å². The van der Waals surface area contributed by atoms with Crippen LogP contribution in [0.5, 0.6) is 0 Å². The summed E-state index contributed by atoms with van der Waals surface area (Å²) < 4.78 is 17.0. The van der Waals surface area contributed by atoms with Gasteiger partial charge in [0.05, 0.1) is 0 Å². The fraction of sp³-hybridized carbons (Fsp3) is 0.905. The van der Waals surface area contributed by atoms with Crippen molar-refractivity contribution in [2.75, 3.05) is 13.2 Å². The van der Waals surface area contributed by atoms with Crippen molar-refractivity contribution in [3.63, 3.8) is 0 Å². The molecule has 472 valence electrons. The van der Waals surface area contributed by atoms with Crippen molar-refractivity contribution in [2.45, 2.75) is 419 Å². The fourth-order valence-corrected chi connectivity index (χ4v) is 11.2. The highest BCUT2D eigenvalue weighted by molar-refractivity contribution is 5.71. The van der Waals surface area contributed by atoms with Crippen LogP contribution in [0.25, 0.3) is 0 Å². The van der Waals surface area contributed by atoms with E-state index in [1.54, 1.807) is 0 Å². The average Bonchev–Trinajstić information content (AvgIpc) is 3.46. The monoisotopic (exact) mass is 1130 g/mol. The molecule has 6 nitrogen and oxygen atoms in total. The molecule has 0 amide bonds. The van der Waals surface area contributed by atoms with Crippen LogP contribution < -0.4 is 0 Å². The third-order valence-electron chi connectivity index (χ3n) is 16.7. The Hall–Kier alpha value is -2.11. The predicted molar refractivity (Wildman–Crippen MR) is 349 cm³/mol. The van der Waals surface area contributed by atoms with Crippen LogP contribution >= 0.6 is 0 Å². The molecule has 0 bridgehead atoms. The lowest BCUT2D eigenvalue weighted by molar-refractivity contribution is -0.167. The van der Waals surface area contributed by atoms with Crippen LogP contribution in [-0.4, -0.2) is 37.2 Å². The summed E-state index contributed by atoms with van der Waals surface area (Å²) in [5.74, 6) is -0.835. The fourth-order valence-electron chi connectivity index (χ4n) is 11.2. The number of hydrogen-bond acceptors (Lipinski definition) is 6.